The van der Waals surface area contributed by atoms with E-state index in [1.54, 1.807) is 0 Å². The molecule has 2 rings (SSSR count). The number of rotatable bonds is 1. The van der Waals surface area contributed by atoms with Crippen molar-refractivity contribution in [2.75, 3.05) is 6.54 Å². The van der Waals surface area contributed by atoms with Crippen LogP contribution in [0.25, 0.3) is 6.08 Å². The van der Waals surface area contributed by atoms with Crippen LogP contribution in [0.15, 0.2) is 23.2 Å². The SMILES string of the molecule is CC(C)c1ccc2c(c1)=CCN=2. The lowest BCUT2D eigenvalue weighted by Gasteiger charge is -2.02. The molecule has 1 nitrogen and oxygen atoms in total. The fourth-order valence-electron chi connectivity index (χ4n) is 1.48. The third-order valence-corrected chi connectivity index (χ3v) is 2.29. The van der Waals surface area contributed by atoms with E-state index in [2.05, 4.69) is 43.1 Å². The summed E-state index contributed by atoms with van der Waals surface area (Å²) in [4.78, 5) is 4.34. The molecule has 1 aliphatic heterocycles. The first-order valence-electron chi connectivity index (χ1n) is 4.42. The third-order valence-electron chi connectivity index (χ3n) is 2.29. The summed E-state index contributed by atoms with van der Waals surface area (Å²) in [5, 5.41) is 2.46. The van der Waals surface area contributed by atoms with E-state index < -0.39 is 0 Å². The van der Waals surface area contributed by atoms with Gasteiger partial charge in [-0.15, -0.1) is 0 Å². The Bertz CT molecular complexity index is 402. The van der Waals surface area contributed by atoms with Gasteiger partial charge in [0.2, 0.25) is 0 Å². The molecule has 0 saturated heterocycles. The van der Waals surface area contributed by atoms with Gasteiger partial charge in [-0.3, -0.25) is 4.99 Å². The van der Waals surface area contributed by atoms with Crippen LogP contribution in [0.5, 0.6) is 0 Å². The molecule has 1 aromatic carbocycles. The Morgan fingerprint density at radius 3 is 2.92 bits per heavy atom. The molecule has 12 heavy (non-hydrogen) atoms. The summed E-state index contributed by atoms with van der Waals surface area (Å²) in [7, 11) is 0. The van der Waals surface area contributed by atoms with Gasteiger partial charge in [0.25, 0.3) is 0 Å². The number of fused-ring (bicyclic) bond motifs is 1. The molecule has 1 aromatic rings. The molecule has 0 fully saturated rings. The van der Waals surface area contributed by atoms with Gasteiger partial charge >= 0.3 is 0 Å². The summed E-state index contributed by atoms with van der Waals surface area (Å²) in [6.45, 7) is 5.29. The number of nitrogens with zero attached hydrogens (tertiary/aromatic N) is 1. The number of hydrogen-bond acceptors (Lipinski definition) is 1. The van der Waals surface area contributed by atoms with Gasteiger partial charge in [-0.05, 0) is 28.8 Å². The summed E-state index contributed by atoms with van der Waals surface area (Å²) in [6, 6.07) is 6.54. The lowest BCUT2D eigenvalue weighted by molar-refractivity contribution is 0.864. The van der Waals surface area contributed by atoms with Crippen molar-refractivity contribution in [1.29, 1.82) is 0 Å². The maximum atomic E-state index is 4.34. The van der Waals surface area contributed by atoms with Crippen molar-refractivity contribution in [2.24, 2.45) is 4.99 Å². The van der Waals surface area contributed by atoms with Crippen LogP contribution in [-0.4, -0.2) is 6.54 Å². The molecule has 0 amide bonds. The van der Waals surface area contributed by atoms with Crippen molar-refractivity contribution < 1.29 is 0 Å². The van der Waals surface area contributed by atoms with Crippen LogP contribution in [0.1, 0.15) is 25.3 Å². The standard InChI is InChI=1S/C11H13N/c1-8(2)9-3-4-11-10(7-9)5-6-12-11/h3-5,7-8H,6H2,1-2H3. The first kappa shape index (κ1) is 7.53. The van der Waals surface area contributed by atoms with Crippen LogP contribution in [0.4, 0.5) is 0 Å². The Morgan fingerprint density at radius 2 is 2.17 bits per heavy atom. The predicted molar refractivity (Wildman–Crippen MR) is 50.6 cm³/mol. The molecule has 0 N–H and O–H groups in total. The molecule has 0 unspecified atom stereocenters. The van der Waals surface area contributed by atoms with E-state index >= 15 is 0 Å². The molecule has 1 heterocycles. The Kier molecular flexibility index (Phi) is 1.72. The molecule has 0 saturated carbocycles. The molecule has 1 aliphatic rings. The minimum atomic E-state index is 0.615. The largest absolute Gasteiger partial charge is 0.281 e. The second kappa shape index (κ2) is 2.74. The lowest BCUT2D eigenvalue weighted by Crippen LogP contribution is -2.21. The molecule has 0 aliphatic carbocycles. The topological polar surface area (TPSA) is 12.4 Å². The van der Waals surface area contributed by atoms with Gasteiger partial charge in [0, 0.05) is 0 Å². The molecule has 0 spiro atoms. The lowest BCUT2D eigenvalue weighted by atomic mass is 10.0. The Balaban J connectivity index is 2.62. The van der Waals surface area contributed by atoms with Gasteiger partial charge in [-0.25, -0.2) is 0 Å². The maximum absolute atomic E-state index is 4.34. The number of benzene rings is 1. The highest BCUT2D eigenvalue weighted by Gasteiger charge is 2.00. The molecular formula is C11H13N. The summed E-state index contributed by atoms with van der Waals surface area (Å²) in [5.41, 5.74) is 1.40. The third kappa shape index (κ3) is 1.15. The summed E-state index contributed by atoms with van der Waals surface area (Å²) < 4.78 is 0. The summed E-state index contributed by atoms with van der Waals surface area (Å²) in [6.07, 6.45) is 2.18. The van der Waals surface area contributed by atoms with Crippen molar-refractivity contribution in [3.63, 3.8) is 0 Å². The van der Waals surface area contributed by atoms with Gasteiger partial charge < -0.3 is 0 Å². The zero-order chi connectivity index (χ0) is 8.55. The van der Waals surface area contributed by atoms with Gasteiger partial charge in [0.15, 0.2) is 0 Å². The fraction of sp³-hybridized carbons (Fsp3) is 0.364. The highest BCUT2D eigenvalue weighted by atomic mass is 14.7. The van der Waals surface area contributed by atoms with E-state index in [0.717, 1.165) is 11.9 Å². The molecule has 0 atom stereocenters. The molecule has 0 bridgehead atoms. The Labute approximate surface area is 72.5 Å². The van der Waals surface area contributed by atoms with E-state index in [9.17, 15) is 0 Å². The van der Waals surface area contributed by atoms with E-state index in [1.165, 1.54) is 10.8 Å². The molecule has 62 valence electrons. The Hall–Kier alpha value is -1.11. The van der Waals surface area contributed by atoms with Crippen LogP contribution in [0.3, 0.4) is 0 Å². The average molecular weight is 159 g/mol. The van der Waals surface area contributed by atoms with Gasteiger partial charge in [-0.1, -0.05) is 26.0 Å². The van der Waals surface area contributed by atoms with Crippen molar-refractivity contribution >= 4 is 6.08 Å². The minimum Gasteiger partial charge on any atom is -0.281 e. The first-order chi connectivity index (χ1) is 5.77. The smallest absolute Gasteiger partial charge is 0.0648 e. The van der Waals surface area contributed by atoms with Crippen molar-refractivity contribution in [2.45, 2.75) is 19.8 Å². The van der Waals surface area contributed by atoms with Crippen LogP contribution in [-0.2, 0) is 0 Å². The number of hydrogen-bond donors (Lipinski definition) is 0. The van der Waals surface area contributed by atoms with Crippen LogP contribution in [0.2, 0.25) is 0 Å². The second-order valence-corrected chi connectivity index (χ2v) is 3.52. The highest BCUT2D eigenvalue weighted by molar-refractivity contribution is 5.32. The van der Waals surface area contributed by atoms with E-state index in [-0.39, 0.29) is 0 Å². The normalized spacial score (nSPS) is 13.9. The van der Waals surface area contributed by atoms with Gasteiger partial charge in [0.1, 0.15) is 0 Å². The second-order valence-electron chi connectivity index (χ2n) is 3.52. The van der Waals surface area contributed by atoms with Crippen molar-refractivity contribution in [1.82, 2.24) is 0 Å². The van der Waals surface area contributed by atoms with Crippen LogP contribution < -0.4 is 10.6 Å². The van der Waals surface area contributed by atoms with E-state index in [4.69, 9.17) is 0 Å². The van der Waals surface area contributed by atoms with Crippen LogP contribution >= 0.6 is 0 Å². The summed E-state index contributed by atoms with van der Waals surface area (Å²) in [5.74, 6) is 0.615. The zero-order valence-electron chi connectivity index (χ0n) is 7.54. The molecular weight excluding hydrogens is 146 g/mol. The highest BCUT2D eigenvalue weighted by Crippen LogP contribution is 2.09. The predicted octanol–water partition coefficient (Wildman–Crippen LogP) is 1.22. The molecule has 1 heteroatoms. The fourth-order valence-corrected chi connectivity index (χ4v) is 1.48. The maximum Gasteiger partial charge on any atom is 0.0648 e. The first-order valence-corrected chi connectivity index (χ1v) is 4.42. The quantitative estimate of drug-likeness (QED) is 0.584. The monoisotopic (exact) mass is 159 g/mol. The average Bonchev–Trinajstić information content (AvgIpc) is 2.49. The zero-order valence-corrected chi connectivity index (χ0v) is 7.54. The molecule has 0 aromatic heterocycles. The minimum absolute atomic E-state index is 0.615. The van der Waals surface area contributed by atoms with E-state index in [0.29, 0.717) is 5.92 Å². The van der Waals surface area contributed by atoms with Gasteiger partial charge in [0.05, 0.1) is 11.9 Å². The van der Waals surface area contributed by atoms with Crippen molar-refractivity contribution in [3.8, 4) is 0 Å². The Morgan fingerprint density at radius 1 is 1.33 bits per heavy atom. The van der Waals surface area contributed by atoms with Gasteiger partial charge in [-0.2, -0.15) is 0 Å². The molecule has 0 radical (unpaired) electrons. The van der Waals surface area contributed by atoms with Crippen molar-refractivity contribution in [3.05, 3.63) is 34.3 Å². The summed E-state index contributed by atoms with van der Waals surface area (Å²) >= 11 is 0. The van der Waals surface area contributed by atoms with E-state index in [1.807, 2.05) is 0 Å². The van der Waals surface area contributed by atoms with Crippen LogP contribution in [0, 0.1) is 0 Å².